The summed E-state index contributed by atoms with van der Waals surface area (Å²) in [6, 6.07) is 13.4. The average Bonchev–Trinajstić information content (AvgIpc) is 3.11. The summed E-state index contributed by atoms with van der Waals surface area (Å²) >= 11 is 0. The van der Waals surface area contributed by atoms with E-state index in [0.717, 1.165) is 32.0 Å². The van der Waals surface area contributed by atoms with E-state index in [1.54, 1.807) is 0 Å². The first-order chi connectivity index (χ1) is 13.1. The standard InChI is InChI=1S/C22H22F2N2O/c23-17-10-16(11-18(24)12-17)19-13-26(22(27)15-4-2-1-3-5-15)20-14-6-8-25(9-7-14)21(19)20/h1-5,10-12,14,19-21H,6-9,13H2/t19-,20-,21-/m1/s1. The second-order valence-electron chi connectivity index (χ2n) is 7.99. The molecule has 4 heterocycles. The Balaban J connectivity index is 1.55. The van der Waals surface area contributed by atoms with Crippen LogP contribution in [0.25, 0.3) is 0 Å². The molecule has 0 radical (unpaired) electrons. The Morgan fingerprint density at radius 3 is 2.26 bits per heavy atom. The Hall–Kier alpha value is -2.27. The van der Waals surface area contributed by atoms with E-state index in [-0.39, 0.29) is 23.9 Å². The Morgan fingerprint density at radius 1 is 0.926 bits per heavy atom. The van der Waals surface area contributed by atoms with Crippen molar-refractivity contribution in [1.82, 2.24) is 9.80 Å². The predicted molar refractivity (Wildman–Crippen MR) is 98.5 cm³/mol. The van der Waals surface area contributed by atoms with Gasteiger partial charge >= 0.3 is 0 Å². The van der Waals surface area contributed by atoms with Crippen LogP contribution in [-0.4, -0.2) is 47.4 Å². The molecule has 27 heavy (non-hydrogen) atoms. The van der Waals surface area contributed by atoms with E-state index in [1.807, 2.05) is 35.2 Å². The third-order valence-corrected chi connectivity index (χ3v) is 6.59. The molecule has 1 amide bonds. The molecule has 6 rings (SSSR count). The van der Waals surface area contributed by atoms with Crippen molar-refractivity contribution in [1.29, 1.82) is 0 Å². The van der Waals surface area contributed by atoms with Crippen molar-refractivity contribution in [3.05, 3.63) is 71.3 Å². The van der Waals surface area contributed by atoms with Crippen molar-refractivity contribution in [2.24, 2.45) is 5.92 Å². The average molecular weight is 368 g/mol. The lowest BCUT2D eigenvalue weighted by Gasteiger charge is -2.51. The molecular formula is C22H22F2N2O. The lowest BCUT2D eigenvalue weighted by Crippen LogP contribution is -2.60. The summed E-state index contributed by atoms with van der Waals surface area (Å²) in [6.45, 7) is 2.53. The summed E-state index contributed by atoms with van der Waals surface area (Å²) in [4.78, 5) is 17.7. The number of benzene rings is 2. The molecule has 2 aromatic rings. The van der Waals surface area contributed by atoms with Crippen molar-refractivity contribution in [2.75, 3.05) is 19.6 Å². The van der Waals surface area contributed by atoms with Gasteiger partial charge in [0.2, 0.25) is 0 Å². The van der Waals surface area contributed by atoms with Crippen LogP contribution in [0.5, 0.6) is 0 Å². The fraction of sp³-hybridized carbons (Fsp3) is 0.409. The molecule has 2 aromatic carbocycles. The maximum atomic E-state index is 13.9. The maximum Gasteiger partial charge on any atom is 0.254 e. The van der Waals surface area contributed by atoms with Gasteiger partial charge in [-0.25, -0.2) is 8.78 Å². The Labute approximate surface area is 157 Å². The Bertz CT molecular complexity index is 844. The summed E-state index contributed by atoms with van der Waals surface area (Å²) in [5, 5.41) is 0. The van der Waals surface area contributed by atoms with Gasteiger partial charge in [0, 0.05) is 30.1 Å². The normalized spacial score (nSPS) is 31.8. The maximum absolute atomic E-state index is 13.9. The lowest BCUT2D eigenvalue weighted by atomic mass is 9.75. The van der Waals surface area contributed by atoms with Crippen LogP contribution >= 0.6 is 0 Å². The highest BCUT2D eigenvalue weighted by atomic mass is 19.1. The van der Waals surface area contributed by atoms with E-state index >= 15 is 0 Å². The molecule has 2 bridgehead atoms. The van der Waals surface area contributed by atoms with E-state index in [4.69, 9.17) is 0 Å². The molecular weight excluding hydrogens is 346 g/mol. The van der Waals surface area contributed by atoms with Crippen molar-refractivity contribution in [3.8, 4) is 0 Å². The van der Waals surface area contributed by atoms with Crippen LogP contribution in [-0.2, 0) is 0 Å². The summed E-state index contributed by atoms with van der Waals surface area (Å²) in [7, 11) is 0. The number of amides is 1. The first-order valence-corrected chi connectivity index (χ1v) is 9.68. The Kier molecular flexibility index (Phi) is 4.01. The zero-order valence-electron chi connectivity index (χ0n) is 15.0. The van der Waals surface area contributed by atoms with Crippen LogP contribution in [0.3, 0.4) is 0 Å². The number of fused-ring (bicyclic) bond motifs is 2. The first-order valence-electron chi connectivity index (χ1n) is 9.68. The van der Waals surface area contributed by atoms with Gasteiger partial charge in [-0.2, -0.15) is 0 Å². The molecule has 3 nitrogen and oxygen atoms in total. The van der Waals surface area contributed by atoms with Crippen LogP contribution in [0, 0.1) is 17.6 Å². The monoisotopic (exact) mass is 368 g/mol. The van der Waals surface area contributed by atoms with Gasteiger partial charge in [0.15, 0.2) is 0 Å². The highest BCUT2D eigenvalue weighted by Crippen LogP contribution is 2.47. The highest BCUT2D eigenvalue weighted by Gasteiger charge is 2.54. The van der Waals surface area contributed by atoms with Crippen LogP contribution in [0.2, 0.25) is 0 Å². The van der Waals surface area contributed by atoms with Crippen LogP contribution in [0.1, 0.15) is 34.7 Å². The highest BCUT2D eigenvalue weighted by molar-refractivity contribution is 5.94. The van der Waals surface area contributed by atoms with Gasteiger partial charge in [-0.15, -0.1) is 0 Å². The summed E-state index contributed by atoms with van der Waals surface area (Å²) < 4.78 is 27.8. The molecule has 0 saturated carbocycles. The number of piperidine rings is 3. The lowest BCUT2D eigenvalue weighted by molar-refractivity contribution is -0.00343. The van der Waals surface area contributed by atoms with Gasteiger partial charge in [-0.3, -0.25) is 9.69 Å². The first kappa shape index (κ1) is 16.9. The van der Waals surface area contributed by atoms with Gasteiger partial charge in [-0.1, -0.05) is 18.2 Å². The van der Waals surface area contributed by atoms with Crippen LogP contribution < -0.4 is 0 Å². The molecule has 0 unspecified atom stereocenters. The van der Waals surface area contributed by atoms with Crippen molar-refractivity contribution >= 4 is 5.91 Å². The number of hydrogen-bond acceptors (Lipinski definition) is 2. The minimum absolute atomic E-state index is 0.0266. The molecule has 4 fully saturated rings. The quantitative estimate of drug-likeness (QED) is 0.808. The fourth-order valence-electron chi connectivity index (χ4n) is 5.48. The van der Waals surface area contributed by atoms with Crippen molar-refractivity contribution in [3.63, 3.8) is 0 Å². The van der Waals surface area contributed by atoms with Crippen molar-refractivity contribution < 1.29 is 13.6 Å². The van der Waals surface area contributed by atoms with Crippen molar-refractivity contribution in [2.45, 2.75) is 30.8 Å². The molecule has 140 valence electrons. The number of hydrogen-bond donors (Lipinski definition) is 0. The molecule has 0 aromatic heterocycles. The van der Waals surface area contributed by atoms with Crippen LogP contribution in [0.15, 0.2) is 48.5 Å². The molecule has 4 aliphatic heterocycles. The summed E-state index contributed by atoms with van der Waals surface area (Å²) in [5.41, 5.74) is 1.34. The third-order valence-electron chi connectivity index (χ3n) is 6.59. The topological polar surface area (TPSA) is 23.6 Å². The SMILES string of the molecule is O=C(c1ccccc1)N1C[C@H](c2cc(F)cc(F)c2)[C@@H]2[C@H]1C1CCN2CC1. The van der Waals surface area contributed by atoms with E-state index < -0.39 is 11.6 Å². The van der Waals surface area contributed by atoms with E-state index in [2.05, 4.69) is 4.90 Å². The predicted octanol–water partition coefficient (Wildman–Crippen LogP) is 3.67. The molecule has 0 aliphatic carbocycles. The molecule has 5 heteroatoms. The number of likely N-dealkylation sites (tertiary alicyclic amines) is 1. The third kappa shape index (κ3) is 2.76. The van der Waals surface area contributed by atoms with E-state index in [1.165, 1.54) is 12.1 Å². The minimum Gasteiger partial charge on any atom is -0.333 e. The number of halogens is 2. The van der Waals surface area contributed by atoms with Gasteiger partial charge in [-0.05, 0) is 61.7 Å². The zero-order chi connectivity index (χ0) is 18.5. The van der Waals surface area contributed by atoms with Gasteiger partial charge in [0.1, 0.15) is 11.6 Å². The van der Waals surface area contributed by atoms with E-state index in [9.17, 15) is 13.6 Å². The van der Waals surface area contributed by atoms with E-state index in [0.29, 0.717) is 23.6 Å². The van der Waals surface area contributed by atoms with Gasteiger partial charge in [0.25, 0.3) is 5.91 Å². The number of rotatable bonds is 2. The second-order valence-corrected chi connectivity index (χ2v) is 7.99. The molecule has 3 atom stereocenters. The zero-order valence-corrected chi connectivity index (χ0v) is 15.0. The summed E-state index contributed by atoms with van der Waals surface area (Å²) in [6.07, 6.45) is 2.17. The number of carbonyl (C=O) groups excluding carboxylic acids is 1. The smallest absolute Gasteiger partial charge is 0.254 e. The van der Waals surface area contributed by atoms with Gasteiger partial charge < -0.3 is 4.90 Å². The molecule has 4 aliphatic rings. The summed E-state index contributed by atoms with van der Waals surface area (Å²) in [5.74, 6) is -0.665. The fourth-order valence-corrected chi connectivity index (χ4v) is 5.48. The number of nitrogens with zero attached hydrogens (tertiary/aromatic N) is 2. The van der Waals surface area contributed by atoms with Gasteiger partial charge in [0.05, 0.1) is 6.04 Å². The largest absolute Gasteiger partial charge is 0.333 e. The molecule has 0 spiro atoms. The minimum atomic E-state index is -0.551. The van der Waals surface area contributed by atoms with Crippen LogP contribution in [0.4, 0.5) is 8.78 Å². The second kappa shape index (κ2) is 6.41. The number of carbonyl (C=O) groups is 1. The molecule has 0 N–H and O–H groups in total. The molecule has 4 saturated heterocycles. The Morgan fingerprint density at radius 2 is 1.59 bits per heavy atom.